The summed E-state index contributed by atoms with van der Waals surface area (Å²) in [4.78, 5) is 4.76. The summed E-state index contributed by atoms with van der Waals surface area (Å²) in [5.74, 6) is 2.49. The highest BCUT2D eigenvalue weighted by molar-refractivity contribution is 6.17. The summed E-state index contributed by atoms with van der Waals surface area (Å²) in [5.41, 5.74) is 2.15. The van der Waals surface area contributed by atoms with E-state index in [-0.39, 0.29) is 0 Å². The molecule has 4 nitrogen and oxygen atoms in total. The third kappa shape index (κ3) is 2.74. The van der Waals surface area contributed by atoms with E-state index >= 15 is 0 Å². The smallest absolute Gasteiger partial charge is 0.121 e. The Hall–Kier alpha value is -1.26. The fourth-order valence-corrected chi connectivity index (χ4v) is 3.46. The summed E-state index contributed by atoms with van der Waals surface area (Å²) in [6, 6.07) is 6.53. The van der Waals surface area contributed by atoms with Crippen molar-refractivity contribution >= 4 is 22.6 Å². The van der Waals surface area contributed by atoms with Gasteiger partial charge in [-0.1, -0.05) is 0 Å². The first-order chi connectivity index (χ1) is 10.3. The van der Waals surface area contributed by atoms with Crippen LogP contribution in [0.1, 0.15) is 31.1 Å². The number of aryl methyl sites for hydroxylation is 1. The van der Waals surface area contributed by atoms with E-state index < -0.39 is 0 Å². The number of nitrogens with zero attached hydrogens (tertiary/aromatic N) is 2. The van der Waals surface area contributed by atoms with E-state index in [4.69, 9.17) is 26.1 Å². The molecule has 0 bridgehead atoms. The maximum atomic E-state index is 5.95. The molecule has 1 aromatic heterocycles. The quantitative estimate of drug-likeness (QED) is 0.792. The van der Waals surface area contributed by atoms with Crippen molar-refractivity contribution in [3.8, 4) is 5.75 Å². The largest absolute Gasteiger partial charge is 0.497 e. The van der Waals surface area contributed by atoms with E-state index in [1.165, 1.54) is 0 Å². The first kappa shape index (κ1) is 14.7. The van der Waals surface area contributed by atoms with Crippen LogP contribution in [0.25, 0.3) is 11.0 Å². The summed E-state index contributed by atoms with van der Waals surface area (Å²) < 4.78 is 13.2. The van der Waals surface area contributed by atoms with Crippen molar-refractivity contribution in [1.82, 2.24) is 9.55 Å². The minimum Gasteiger partial charge on any atom is -0.497 e. The van der Waals surface area contributed by atoms with Crippen molar-refractivity contribution in [3.63, 3.8) is 0 Å². The van der Waals surface area contributed by atoms with Crippen molar-refractivity contribution < 1.29 is 9.47 Å². The van der Waals surface area contributed by atoms with Crippen LogP contribution in [0.15, 0.2) is 18.2 Å². The molecule has 3 rings (SSSR count). The highest BCUT2D eigenvalue weighted by atomic mass is 35.5. The predicted octanol–water partition coefficient (Wildman–Crippen LogP) is 3.57. The number of rotatable bonds is 5. The lowest BCUT2D eigenvalue weighted by atomic mass is 10.2. The fraction of sp³-hybridized carbons (Fsp3) is 0.562. The number of methoxy groups -OCH3 is 2. The molecule has 1 aromatic carbocycles. The molecule has 2 unspecified atom stereocenters. The number of imidazole rings is 1. The van der Waals surface area contributed by atoms with Gasteiger partial charge in [0.1, 0.15) is 11.6 Å². The van der Waals surface area contributed by atoms with Crippen LogP contribution in [0.3, 0.4) is 0 Å². The minimum absolute atomic E-state index is 0.356. The van der Waals surface area contributed by atoms with E-state index in [1.54, 1.807) is 14.2 Å². The van der Waals surface area contributed by atoms with Crippen LogP contribution in [-0.4, -0.2) is 35.8 Å². The number of ether oxygens (including phenoxy) is 2. The maximum absolute atomic E-state index is 5.95. The Morgan fingerprint density at radius 1 is 1.33 bits per heavy atom. The standard InChI is InChI=1S/C16H21ClN2O2/c1-20-12-4-3-11(9-12)19-15-6-5-13(21-2)10-14(15)18-16(19)7-8-17/h5-6,10-12H,3-4,7-9H2,1-2H3. The zero-order valence-electron chi connectivity index (χ0n) is 12.5. The third-order valence-electron chi connectivity index (χ3n) is 4.34. The van der Waals surface area contributed by atoms with Crippen LogP contribution in [0.2, 0.25) is 0 Å². The van der Waals surface area contributed by atoms with E-state index in [1.807, 2.05) is 12.1 Å². The van der Waals surface area contributed by atoms with Crippen molar-refractivity contribution in [2.24, 2.45) is 0 Å². The Balaban J connectivity index is 2.04. The van der Waals surface area contributed by atoms with Crippen LogP contribution >= 0.6 is 11.6 Å². The highest BCUT2D eigenvalue weighted by Crippen LogP contribution is 2.36. The average Bonchev–Trinajstić information content (AvgIpc) is 3.10. The number of hydrogen-bond donors (Lipinski definition) is 0. The average molecular weight is 309 g/mol. The van der Waals surface area contributed by atoms with Gasteiger partial charge in [-0.05, 0) is 31.4 Å². The van der Waals surface area contributed by atoms with Crippen molar-refractivity contribution in [2.45, 2.75) is 37.8 Å². The van der Waals surface area contributed by atoms with Gasteiger partial charge in [-0.15, -0.1) is 11.6 Å². The Labute approximate surface area is 130 Å². The Kier molecular flexibility index (Phi) is 4.36. The second kappa shape index (κ2) is 6.24. The lowest BCUT2D eigenvalue weighted by Gasteiger charge is -2.17. The summed E-state index contributed by atoms with van der Waals surface area (Å²) in [7, 11) is 3.47. The summed E-state index contributed by atoms with van der Waals surface area (Å²) >= 11 is 5.95. The molecule has 1 aliphatic carbocycles. The molecule has 1 fully saturated rings. The van der Waals surface area contributed by atoms with Gasteiger partial charge in [0.15, 0.2) is 0 Å². The molecule has 5 heteroatoms. The van der Waals surface area contributed by atoms with Gasteiger partial charge in [0.25, 0.3) is 0 Å². The first-order valence-corrected chi connectivity index (χ1v) is 7.94. The first-order valence-electron chi connectivity index (χ1n) is 7.40. The minimum atomic E-state index is 0.356. The number of alkyl halides is 1. The molecule has 0 spiro atoms. The fourth-order valence-electron chi connectivity index (χ4n) is 3.29. The zero-order valence-corrected chi connectivity index (χ0v) is 13.3. The number of hydrogen-bond acceptors (Lipinski definition) is 3. The lowest BCUT2D eigenvalue weighted by Crippen LogP contribution is -2.12. The molecule has 1 saturated carbocycles. The zero-order chi connectivity index (χ0) is 14.8. The van der Waals surface area contributed by atoms with E-state index in [0.29, 0.717) is 18.0 Å². The van der Waals surface area contributed by atoms with Gasteiger partial charge < -0.3 is 14.0 Å². The van der Waals surface area contributed by atoms with Crippen molar-refractivity contribution in [3.05, 3.63) is 24.0 Å². The molecule has 1 aliphatic rings. The van der Waals surface area contributed by atoms with E-state index in [9.17, 15) is 0 Å². The van der Waals surface area contributed by atoms with Gasteiger partial charge >= 0.3 is 0 Å². The van der Waals surface area contributed by atoms with Crippen LogP contribution in [0.5, 0.6) is 5.75 Å². The molecule has 2 atom stereocenters. The SMILES string of the molecule is COc1ccc2c(c1)nc(CCCl)n2C1CCC(OC)C1. The second-order valence-electron chi connectivity index (χ2n) is 5.52. The van der Waals surface area contributed by atoms with Crippen molar-refractivity contribution in [2.75, 3.05) is 20.1 Å². The molecule has 0 amide bonds. The molecule has 0 radical (unpaired) electrons. The van der Waals surface area contributed by atoms with E-state index in [2.05, 4.69) is 10.6 Å². The topological polar surface area (TPSA) is 36.3 Å². The summed E-state index contributed by atoms with van der Waals surface area (Å²) in [5, 5.41) is 0. The molecular weight excluding hydrogens is 288 g/mol. The number of benzene rings is 1. The molecule has 114 valence electrons. The predicted molar refractivity (Wildman–Crippen MR) is 84.4 cm³/mol. The van der Waals surface area contributed by atoms with Crippen LogP contribution < -0.4 is 4.74 Å². The summed E-state index contributed by atoms with van der Waals surface area (Å²) in [6.45, 7) is 0. The number of fused-ring (bicyclic) bond motifs is 1. The van der Waals surface area contributed by atoms with Gasteiger partial charge in [0.05, 0.1) is 24.2 Å². The second-order valence-corrected chi connectivity index (χ2v) is 5.89. The van der Waals surface area contributed by atoms with Gasteiger partial charge in [0.2, 0.25) is 0 Å². The Bertz CT molecular complexity index is 626. The molecule has 1 heterocycles. The molecule has 2 aromatic rings. The molecule has 0 N–H and O–H groups in total. The van der Waals surface area contributed by atoms with Gasteiger partial charge in [-0.2, -0.15) is 0 Å². The monoisotopic (exact) mass is 308 g/mol. The lowest BCUT2D eigenvalue weighted by molar-refractivity contribution is 0.106. The van der Waals surface area contributed by atoms with Crippen molar-refractivity contribution in [1.29, 1.82) is 0 Å². The Morgan fingerprint density at radius 3 is 2.86 bits per heavy atom. The Morgan fingerprint density at radius 2 is 2.19 bits per heavy atom. The number of aromatic nitrogens is 2. The van der Waals surface area contributed by atoms with E-state index in [0.717, 1.165) is 48.3 Å². The van der Waals surface area contributed by atoms with Crippen LogP contribution in [0, 0.1) is 0 Å². The maximum Gasteiger partial charge on any atom is 0.121 e. The molecule has 0 saturated heterocycles. The van der Waals surface area contributed by atoms with Crippen LogP contribution in [0.4, 0.5) is 0 Å². The molecular formula is C16H21ClN2O2. The normalized spacial score (nSPS) is 22.0. The van der Waals surface area contributed by atoms with Gasteiger partial charge in [0, 0.05) is 31.5 Å². The molecule has 21 heavy (non-hydrogen) atoms. The van der Waals surface area contributed by atoms with Gasteiger partial charge in [-0.25, -0.2) is 4.98 Å². The van der Waals surface area contributed by atoms with Gasteiger partial charge in [-0.3, -0.25) is 0 Å². The third-order valence-corrected chi connectivity index (χ3v) is 4.53. The highest BCUT2D eigenvalue weighted by Gasteiger charge is 2.28. The van der Waals surface area contributed by atoms with Crippen LogP contribution in [-0.2, 0) is 11.2 Å². The summed E-state index contributed by atoms with van der Waals surface area (Å²) in [6.07, 6.45) is 4.42. The number of halogens is 1. The molecule has 0 aliphatic heterocycles.